The Labute approximate surface area is 111 Å². The van der Waals surface area contributed by atoms with Crippen molar-refractivity contribution < 1.29 is 20.1 Å². The number of H-pyrrole nitrogens is 1. The summed E-state index contributed by atoms with van der Waals surface area (Å²) < 4.78 is 6.59. The lowest BCUT2D eigenvalue weighted by atomic mass is 10.1. The Balaban J connectivity index is 2.09. The molecule has 10 nitrogen and oxygen atoms in total. The van der Waals surface area contributed by atoms with E-state index in [2.05, 4.69) is 15.0 Å². The lowest BCUT2D eigenvalue weighted by molar-refractivity contribution is -0.0490. The molecule has 1 saturated heterocycles. The number of nitrogens with one attached hydrogen (secondary N) is 1. The molecule has 0 aromatic carbocycles. The zero-order valence-corrected chi connectivity index (χ0v) is 10.1. The van der Waals surface area contributed by atoms with Gasteiger partial charge in [0.05, 0.1) is 12.9 Å². The number of nitrogen functional groups attached to an aromatic ring is 1. The molecule has 2 aromatic rings. The van der Waals surface area contributed by atoms with Gasteiger partial charge < -0.3 is 25.8 Å². The second-order valence-corrected chi connectivity index (χ2v) is 4.34. The Morgan fingerprint density at radius 3 is 2.95 bits per heavy atom. The molecule has 20 heavy (non-hydrogen) atoms. The van der Waals surface area contributed by atoms with Crippen molar-refractivity contribution in [3.05, 3.63) is 22.8 Å². The van der Waals surface area contributed by atoms with E-state index in [1.54, 1.807) is 0 Å². The molecular weight excluding hydrogens is 270 g/mol. The first kappa shape index (κ1) is 13.0. The third-order valence-corrected chi connectivity index (χ3v) is 3.10. The summed E-state index contributed by atoms with van der Waals surface area (Å²) in [7, 11) is 0. The number of aromatic amines is 1. The number of fused-ring (bicyclic) bond motifs is 1. The minimum Gasteiger partial charge on any atom is -0.394 e. The minimum absolute atomic E-state index is 0.0296. The van der Waals surface area contributed by atoms with Crippen LogP contribution >= 0.6 is 0 Å². The highest BCUT2D eigenvalue weighted by molar-refractivity contribution is 5.70. The Bertz CT molecular complexity index is 697. The molecule has 3 rings (SSSR count). The van der Waals surface area contributed by atoms with Crippen LogP contribution in [-0.4, -0.2) is 53.7 Å². The number of nitrogens with zero attached hydrogens (tertiary/aromatic N) is 3. The van der Waals surface area contributed by atoms with Crippen LogP contribution in [0.15, 0.2) is 11.1 Å². The Hall–Kier alpha value is -2.01. The van der Waals surface area contributed by atoms with Crippen molar-refractivity contribution in [2.45, 2.75) is 18.4 Å². The average Bonchev–Trinajstić information content (AvgIpc) is 2.93. The van der Waals surface area contributed by atoms with E-state index < -0.39 is 36.7 Å². The molecule has 0 spiro atoms. The van der Waals surface area contributed by atoms with Gasteiger partial charge in [0, 0.05) is 0 Å². The molecule has 1 aliphatic rings. The van der Waals surface area contributed by atoms with E-state index in [1.165, 1.54) is 10.9 Å². The third kappa shape index (κ3) is 1.78. The normalized spacial score (nSPS) is 27.4. The number of rotatable bonds is 2. The van der Waals surface area contributed by atoms with Crippen molar-refractivity contribution >= 4 is 17.1 Å². The number of nitrogens with two attached hydrogens (primary N) is 1. The molecule has 0 bridgehead atoms. The summed E-state index contributed by atoms with van der Waals surface area (Å²) in [5, 5.41) is 28.6. The lowest BCUT2D eigenvalue weighted by Crippen LogP contribution is -2.25. The van der Waals surface area contributed by atoms with Crippen molar-refractivity contribution in [1.29, 1.82) is 0 Å². The minimum atomic E-state index is -1.37. The summed E-state index contributed by atoms with van der Waals surface area (Å²) in [6, 6.07) is 0. The first-order valence-corrected chi connectivity index (χ1v) is 5.75. The van der Waals surface area contributed by atoms with Crippen LogP contribution in [0.1, 0.15) is 6.23 Å². The summed E-state index contributed by atoms with van der Waals surface area (Å²) in [6.45, 7) is -0.484. The molecule has 3 heterocycles. The van der Waals surface area contributed by atoms with Crippen molar-refractivity contribution in [2.75, 3.05) is 12.3 Å². The Morgan fingerprint density at radius 2 is 2.30 bits per heavy atom. The van der Waals surface area contributed by atoms with Gasteiger partial charge in [0.1, 0.15) is 12.2 Å². The fraction of sp³-hybridized carbons (Fsp3) is 0.400. The fourth-order valence-corrected chi connectivity index (χ4v) is 2.13. The van der Waals surface area contributed by atoms with Crippen LogP contribution in [0.4, 0.5) is 5.95 Å². The Morgan fingerprint density at radius 1 is 1.55 bits per heavy atom. The number of hydrogen-bond acceptors (Lipinski definition) is 8. The van der Waals surface area contributed by atoms with Gasteiger partial charge in [0.25, 0.3) is 5.56 Å². The largest absolute Gasteiger partial charge is 0.394 e. The number of aromatic nitrogens is 4. The molecule has 0 amide bonds. The zero-order valence-electron chi connectivity index (χ0n) is 10.1. The maximum absolute atomic E-state index is 11.6. The molecule has 0 aliphatic carbocycles. The maximum Gasteiger partial charge on any atom is 0.280 e. The molecular formula is C10H12N5O5. The predicted octanol–water partition coefficient (Wildman–Crippen LogP) is -2.14. The third-order valence-electron chi connectivity index (χ3n) is 3.10. The van der Waals surface area contributed by atoms with Gasteiger partial charge in [-0.05, 0) is 0 Å². The van der Waals surface area contributed by atoms with Crippen LogP contribution in [0.2, 0.25) is 0 Å². The van der Waals surface area contributed by atoms with Crippen molar-refractivity contribution in [2.24, 2.45) is 0 Å². The molecule has 1 aliphatic heterocycles. The van der Waals surface area contributed by atoms with Crippen molar-refractivity contribution in [3.63, 3.8) is 0 Å². The van der Waals surface area contributed by atoms with Gasteiger partial charge in [0.15, 0.2) is 23.5 Å². The van der Waals surface area contributed by atoms with Gasteiger partial charge in [-0.1, -0.05) is 0 Å². The van der Waals surface area contributed by atoms with Gasteiger partial charge in [-0.25, -0.2) is 4.98 Å². The van der Waals surface area contributed by atoms with Crippen LogP contribution in [0.3, 0.4) is 0 Å². The molecule has 107 valence electrons. The average molecular weight is 282 g/mol. The predicted molar refractivity (Wildman–Crippen MR) is 64.7 cm³/mol. The van der Waals surface area contributed by atoms with Crippen LogP contribution in [-0.2, 0) is 4.74 Å². The fourth-order valence-electron chi connectivity index (χ4n) is 2.13. The summed E-state index contributed by atoms with van der Waals surface area (Å²) >= 11 is 0. The summed E-state index contributed by atoms with van der Waals surface area (Å²) in [5.41, 5.74) is 5.08. The zero-order chi connectivity index (χ0) is 14.4. The number of imidazole rings is 1. The second-order valence-electron chi connectivity index (χ2n) is 4.34. The first-order chi connectivity index (χ1) is 9.52. The highest BCUT2D eigenvalue weighted by Crippen LogP contribution is 2.34. The molecule has 1 fully saturated rings. The first-order valence-electron chi connectivity index (χ1n) is 5.75. The number of anilines is 1. The van der Waals surface area contributed by atoms with Gasteiger partial charge >= 0.3 is 0 Å². The highest BCUT2D eigenvalue weighted by Gasteiger charge is 2.45. The van der Waals surface area contributed by atoms with Crippen LogP contribution < -0.4 is 11.3 Å². The van der Waals surface area contributed by atoms with E-state index in [9.17, 15) is 15.0 Å². The van der Waals surface area contributed by atoms with Crippen LogP contribution in [0.25, 0.3) is 11.2 Å². The van der Waals surface area contributed by atoms with E-state index >= 15 is 0 Å². The molecule has 6 N–H and O–H groups in total. The maximum atomic E-state index is 11.6. The molecule has 0 unspecified atom stereocenters. The Kier molecular flexibility index (Phi) is 2.94. The summed E-state index contributed by atoms with van der Waals surface area (Å²) in [6.07, 6.45) is -2.57. The van der Waals surface area contributed by atoms with Crippen molar-refractivity contribution in [3.8, 4) is 0 Å². The highest BCUT2D eigenvalue weighted by atomic mass is 16.6. The van der Waals surface area contributed by atoms with E-state index in [0.717, 1.165) is 0 Å². The topological polar surface area (TPSA) is 160 Å². The van der Waals surface area contributed by atoms with E-state index in [4.69, 9.17) is 15.6 Å². The molecule has 3 atom stereocenters. The lowest BCUT2D eigenvalue weighted by Gasteiger charge is -2.16. The van der Waals surface area contributed by atoms with Gasteiger partial charge in [0.2, 0.25) is 5.95 Å². The molecule has 1 radical (unpaired) electrons. The van der Waals surface area contributed by atoms with Gasteiger partial charge in [-0.15, -0.1) is 0 Å². The molecule has 10 heteroatoms. The van der Waals surface area contributed by atoms with Gasteiger partial charge in [-0.2, -0.15) is 4.98 Å². The van der Waals surface area contributed by atoms with E-state index in [1.807, 2.05) is 0 Å². The molecule has 2 aromatic heterocycles. The van der Waals surface area contributed by atoms with Gasteiger partial charge in [-0.3, -0.25) is 14.3 Å². The standard InChI is InChI=1S/C10H12N5O5/c11-10-13-7-4(8(19)14-10)12-2-15(7)9-6(18)5(17)3(1-16)20-9/h2-3,6,9,16-18H,1H2,(H3,11,13,14,19)/t3-,6-,9-/m1/s1. The monoisotopic (exact) mass is 282 g/mol. The van der Waals surface area contributed by atoms with E-state index in [0.29, 0.717) is 0 Å². The quantitative estimate of drug-likeness (QED) is 0.417. The number of aliphatic hydroxyl groups excluding tert-OH is 3. The smallest absolute Gasteiger partial charge is 0.280 e. The number of hydrogen-bond donors (Lipinski definition) is 5. The summed E-state index contributed by atoms with van der Waals surface area (Å²) in [4.78, 5) is 21.7. The van der Waals surface area contributed by atoms with Crippen LogP contribution in [0, 0.1) is 6.10 Å². The SMILES string of the molecule is Nc1nc2c(ncn2[C@@H]2O[C@H](CO)[C](O)[C@H]2O)c(=O)[nH]1. The second kappa shape index (κ2) is 4.52. The van der Waals surface area contributed by atoms with Crippen molar-refractivity contribution in [1.82, 2.24) is 19.5 Å². The van der Waals surface area contributed by atoms with Crippen LogP contribution in [0.5, 0.6) is 0 Å². The summed E-state index contributed by atoms with van der Waals surface area (Å²) in [5.74, 6) is -0.108. The molecule has 0 saturated carbocycles. The number of ether oxygens (including phenoxy) is 1. The van der Waals surface area contributed by atoms with E-state index in [-0.39, 0.29) is 17.1 Å². The number of aliphatic hydroxyl groups is 3.